The van der Waals surface area contributed by atoms with Crippen molar-refractivity contribution in [1.29, 1.82) is 0 Å². The first-order valence-corrected chi connectivity index (χ1v) is 12.5. The minimum absolute atomic E-state index is 0.0553. The molecule has 1 atom stereocenters. The van der Waals surface area contributed by atoms with Crippen molar-refractivity contribution in [3.05, 3.63) is 47.3 Å². The molecule has 0 radical (unpaired) electrons. The van der Waals surface area contributed by atoms with E-state index >= 15 is 0 Å². The van der Waals surface area contributed by atoms with Gasteiger partial charge in [-0.15, -0.1) is 11.3 Å². The average Bonchev–Trinajstić information content (AvgIpc) is 3.17. The van der Waals surface area contributed by atoms with Gasteiger partial charge in [-0.3, -0.25) is 0 Å². The first kappa shape index (κ1) is 21.3. The molecule has 6 nitrogen and oxygen atoms in total. The van der Waals surface area contributed by atoms with E-state index in [0.29, 0.717) is 19.0 Å². The third kappa shape index (κ3) is 4.60. The summed E-state index contributed by atoms with van der Waals surface area (Å²) in [5.74, 6) is -2.04. The van der Waals surface area contributed by atoms with E-state index in [1.54, 1.807) is 17.5 Å². The number of hydrogen-bond donors (Lipinski definition) is 1. The quantitative estimate of drug-likeness (QED) is 0.703. The summed E-state index contributed by atoms with van der Waals surface area (Å²) in [7, 11) is -7.79. The number of rotatable bonds is 7. The Morgan fingerprint density at radius 3 is 2.61 bits per heavy atom. The lowest BCUT2D eigenvalue weighted by Gasteiger charge is -2.34. The number of nitrogens with zero attached hydrogens (tertiary/aromatic N) is 1. The largest absolute Gasteiger partial charge is 0.252 e. The lowest BCUT2D eigenvalue weighted by atomic mass is 10.0. The molecule has 0 spiro atoms. The van der Waals surface area contributed by atoms with Gasteiger partial charge < -0.3 is 0 Å². The normalized spacial score (nSPS) is 19.0. The first-order chi connectivity index (χ1) is 13.2. The van der Waals surface area contributed by atoms with Crippen molar-refractivity contribution in [3.63, 3.8) is 0 Å². The Labute approximate surface area is 167 Å². The molecule has 28 heavy (non-hydrogen) atoms. The molecule has 3 rings (SSSR count). The summed E-state index contributed by atoms with van der Waals surface area (Å²) in [6.07, 6.45) is 2.47. The molecule has 1 aromatic heterocycles. The first-order valence-electron chi connectivity index (χ1n) is 8.72. The van der Waals surface area contributed by atoms with Gasteiger partial charge in [0.1, 0.15) is 20.7 Å². The number of thiophene rings is 1. The van der Waals surface area contributed by atoms with Crippen LogP contribution in [0.15, 0.2) is 44.8 Å². The molecule has 0 bridgehead atoms. The van der Waals surface area contributed by atoms with Gasteiger partial charge in [0, 0.05) is 25.2 Å². The molecular formula is C17H20F2N2O4S3. The molecule has 1 fully saturated rings. The Bertz CT molecular complexity index is 1020. The number of hydrogen-bond acceptors (Lipinski definition) is 5. The fraction of sp³-hybridized carbons (Fsp3) is 0.412. The van der Waals surface area contributed by atoms with E-state index in [1.807, 2.05) is 0 Å². The highest BCUT2D eigenvalue weighted by molar-refractivity contribution is 7.91. The van der Waals surface area contributed by atoms with Crippen molar-refractivity contribution in [1.82, 2.24) is 9.03 Å². The van der Waals surface area contributed by atoms with Crippen LogP contribution in [0.2, 0.25) is 0 Å². The molecule has 0 saturated carbocycles. The maximum Gasteiger partial charge on any atom is 0.252 e. The van der Waals surface area contributed by atoms with Crippen LogP contribution < -0.4 is 4.72 Å². The second-order valence-electron chi connectivity index (χ2n) is 6.46. The summed E-state index contributed by atoms with van der Waals surface area (Å²) in [6.45, 7) is 0.324. The van der Waals surface area contributed by atoms with Crippen molar-refractivity contribution < 1.29 is 25.6 Å². The van der Waals surface area contributed by atoms with E-state index in [4.69, 9.17) is 0 Å². The van der Waals surface area contributed by atoms with E-state index in [1.165, 1.54) is 4.31 Å². The number of sulfonamides is 2. The number of nitrogens with one attached hydrogen (secondary N) is 1. The van der Waals surface area contributed by atoms with Gasteiger partial charge in [0.2, 0.25) is 10.0 Å². The van der Waals surface area contributed by atoms with Crippen molar-refractivity contribution in [3.8, 4) is 0 Å². The Kier molecular flexibility index (Phi) is 6.50. The summed E-state index contributed by atoms with van der Waals surface area (Å²) >= 11 is 1.14. The van der Waals surface area contributed by atoms with Crippen molar-refractivity contribution in [2.45, 2.75) is 40.8 Å². The van der Waals surface area contributed by atoms with Gasteiger partial charge in [0.25, 0.3) is 10.0 Å². The van der Waals surface area contributed by atoms with E-state index < -0.39 is 36.6 Å². The summed E-state index contributed by atoms with van der Waals surface area (Å²) in [5.41, 5.74) is 0. The predicted octanol–water partition coefficient (Wildman–Crippen LogP) is 2.94. The highest BCUT2D eigenvalue weighted by Crippen LogP contribution is 2.29. The Morgan fingerprint density at radius 2 is 1.93 bits per heavy atom. The molecular weight excluding hydrogens is 430 g/mol. The molecule has 11 heteroatoms. The lowest BCUT2D eigenvalue weighted by Crippen LogP contribution is -2.44. The maximum atomic E-state index is 13.8. The topological polar surface area (TPSA) is 83.6 Å². The third-order valence-electron chi connectivity index (χ3n) is 4.58. The summed E-state index contributed by atoms with van der Waals surface area (Å²) in [5, 5.41) is 1.69. The van der Waals surface area contributed by atoms with Crippen LogP contribution in [0.5, 0.6) is 0 Å². The van der Waals surface area contributed by atoms with Gasteiger partial charge in [-0.2, -0.15) is 4.31 Å². The van der Waals surface area contributed by atoms with E-state index in [-0.39, 0.29) is 23.2 Å². The van der Waals surface area contributed by atoms with Crippen LogP contribution in [0.1, 0.15) is 25.7 Å². The minimum Gasteiger partial charge on any atom is -0.211 e. The fourth-order valence-electron chi connectivity index (χ4n) is 3.24. The smallest absolute Gasteiger partial charge is 0.211 e. The molecule has 1 aliphatic rings. The zero-order valence-corrected chi connectivity index (χ0v) is 17.3. The van der Waals surface area contributed by atoms with E-state index in [0.717, 1.165) is 36.3 Å². The van der Waals surface area contributed by atoms with Crippen LogP contribution in [0.25, 0.3) is 0 Å². The Balaban J connectivity index is 1.69. The molecule has 1 unspecified atom stereocenters. The molecule has 1 aliphatic heterocycles. The SMILES string of the molecule is O=S(=O)(NCCC1CCCCN1S(=O)(=O)c1cccs1)c1ccc(F)cc1F. The lowest BCUT2D eigenvalue weighted by molar-refractivity contribution is 0.242. The van der Waals surface area contributed by atoms with Crippen molar-refractivity contribution in [2.75, 3.05) is 13.1 Å². The standard InChI is InChI=1S/C17H20F2N2O4S3/c18-13-6-7-16(15(19)12-13)27(22,23)20-9-8-14-4-1-2-10-21(14)28(24,25)17-5-3-11-26-17/h3,5-7,11-12,14,20H,1-2,4,8-10H2. The van der Waals surface area contributed by atoms with Crippen molar-refractivity contribution in [2.24, 2.45) is 0 Å². The van der Waals surface area contributed by atoms with Crippen LogP contribution >= 0.6 is 11.3 Å². The summed E-state index contributed by atoms with van der Waals surface area (Å²) < 4.78 is 80.9. The molecule has 0 amide bonds. The second-order valence-corrected chi connectivity index (χ2v) is 11.3. The maximum absolute atomic E-state index is 13.8. The molecule has 1 N–H and O–H groups in total. The average molecular weight is 451 g/mol. The molecule has 1 saturated heterocycles. The van der Waals surface area contributed by atoms with E-state index in [9.17, 15) is 25.6 Å². The van der Waals surface area contributed by atoms with Crippen LogP contribution in [-0.2, 0) is 20.0 Å². The number of piperidine rings is 1. The molecule has 154 valence electrons. The second kappa shape index (κ2) is 8.54. The highest BCUT2D eigenvalue weighted by Gasteiger charge is 2.34. The predicted molar refractivity (Wildman–Crippen MR) is 102 cm³/mol. The van der Waals surface area contributed by atoms with Crippen molar-refractivity contribution >= 4 is 31.4 Å². The zero-order chi connectivity index (χ0) is 20.4. The number of benzene rings is 1. The van der Waals surface area contributed by atoms with Gasteiger partial charge in [0.15, 0.2) is 0 Å². The van der Waals surface area contributed by atoms with Gasteiger partial charge in [-0.05, 0) is 42.8 Å². The molecule has 2 heterocycles. The Hall–Kier alpha value is -1.40. The van der Waals surface area contributed by atoms with Crippen LogP contribution in [0.4, 0.5) is 8.78 Å². The zero-order valence-electron chi connectivity index (χ0n) is 14.8. The third-order valence-corrected chi connectivity index (χ3v) is 9.40. The van der Waals surface area contributed by atoms with Crippen LogP contribution in [-0.4, -0.2) is 40.3 Å². The summed E-state index contributed by atoms with van der Waals surface area (Å²) in [4.78, 5) is -0.638. The summed E-state index contributed by atoms with van der Waals surface area (Å²) in [6, 6.07) is 5.11. The molecule has 2 aromatic rings. The van der Waals surface area contributed by atoms with Crippen LogP contribution in [0, 0.1) is 11.6 Å². The monoisotopic (exact) mass is 450 g/mol. The van der Waals surface area contributed by atoms with Gasteiger partial charge >= 0.3 is 0 Å². The fourth-order valence-corrected chi connectivity index (χ4v) is 7.18. The molecule has 1 aromatic carbocycles. The number of halogens is 2. The van der Waals surface area contributed by atoms with E-state index in [2.05, 4.69) is 4.72 Å². The van der Waals surface area contributed by atoms with Gasteiger partial charge in [-0.25, -0.2) is 30.3 Å². The van der Waals surface area contributed by atoms with Gasteiger partial charge in [-0.1, -0.05) is 12.5 Å². The molecule has 0 aliphatic carbocycles. The Morgan fingerprint density at radius 1 is 1.14 bits per heavy atom. The highest BCUT2D eigenvalue weighted by atomic mass is 32.2. The minimum atomic E-state index is -4.16. The van der Waals surface area contributed by atoms with Gasteiger partial charge in [0.05, 0.1) is 0 Å². The van der Waals surface area contributed by atoms with Crippen LogP contribution in [0.3, 0.4) is 0 Å².